The number of esters is 1. The van der Waals surface area contributed by atoms with Crippen molar-refractivity contribution in [2.45, 2.75) is 6.54 Å². The molecule has 0 fully saturated rings. The zero-order valence-corrected chi connectivity index (χ0v) is 11.3. The SMILES string of the molecule is CNCc1ccc(Oc2ccc(C(=O)OC)nn2)cc1. The molecule has 0 aliphatic carbocycles. The Hall–Kier alpha value is -2.47. The Balaban J connectivity index is 2.04. The first-order chi connectivity index (χ1) is 9.72. The van der Waals surface area contributed by atoms with E-state index in [0.717, 1.165) is 12.1 Å². The summed E-state index contributed by atoms with van der Waals surface area (Å²) in [6, 6.07) is 10.7. The molecule has 2 rings (SSSR count). The van der Waals surface area contributed by atoms with E-state index in [1.807, 2.05) is 31.3 Å². The van der Waals surface area contributed by atoms with Gasteiger partial charge in [-0.05, 0) is 30.8 Å². The van der Waals surface area contributed by atoms with E-state index in [2.05, 4.69) is 20.3 Å². The summed E-state index contributed by atoms with van der Waals surface area (Å²) in [7, 11) is 3.18. The highest BCUT2D eigenvalue weighted by Gasteiger charge is 2.08. The summed E-state index contributed by atoms with van der Waals surface area (Å²) < 4.78 is 10.1. The molecule has 1 aromatic carbocycles. The Morgan fingerprint density at radius 1 is 1.15 bits per heavy atom. The van der Waals surface area contributed by atoms with Crippen molar-refractivity contribution < 1.29 is 14.3 Å². The number of benzene rings is 1. The molecule has 6 heteroatoms. The second-order valence-electron chi connectivity index (χ2n) is 4.02. The van der Waals surface area contributed by atoms with Gasteiger partial charge in [0, 0.05) is 12.6 Å². The highest BCUT2D eigenvalue weighted by atomic mass is 16.5. The summed E-state index contributed by atoms with van der Waals surface area (Å²) >= 11 is 0. The number of methoxy groups -OCH3 is 1. The summed E-state index contributed by atoms with van der Waals surface area (Å²) in [5.41, 5.74) is 1.30. The lowest BCUT2D eigenvalue weighted by Gasteiger charge is -2.05. The Kier molecular flexibility index (Phi) is 4.62. The van der Waals surface area contributed by atoms with E-state index < -0.39 is 5.97 Å². The normalized spacial score (nSPS) is 10.1. The maximum absolute atomic E-state index is 11.2. The highest BCUT2D eigenvalue weighted by molar-refractivity contribution is 5.86. The van der Waals surface area contributed by atoms with Crippen LogP contribution in [0.15, 0.2) is 36.4 Å². The van der Waals surface area contributed by atoms with Gasteiger partial charge in [0.15, 0.2) is 5.69 Å². The molecule has 0 amide bonds. The van der Waals surface area contributed by atoms with Crippen molar-refractivity contribution >= 4 is 5.97 Å². The third-order valence-corrected chi connectivity index (χ3v) is 2.56. The molecule has 0 spiro atoms. The molecule has 1 N–H and O–H groups in total. The van der Waals surface area contributed by atoms with Crippen LogP contribution in [0.3, 0.4) is 0 Å². The van der Waals surface area contributed by atoms with Gasteiger partial charge < -0.3 is 14.8 Å². The summed E-state index contributed by atoms with van der Waals surface area (Å²) in [5, 5.41) is 10.6. The molecule has 0 aliphatic rings. The smallest absolute Gasteiger partial charge is 0.358 e. The second kappa shape index (κ2) is 6.63. The lowest BCUT2D eigenvalue weighted by Crippen LogP contribution is -2.05. The number of rotatable bonds is 5. The fourth-order valence-electron chi connectivity index (χ4n) is 1.59. The van der Waals surface area contributed by atoms with E-state index in [9.17, 15) is 4.79 Å². The molecule has 1 aromatic heterocycles. The first-order valence-corrected chi connectivity index (χ1v) is 6.06. The van der Waals surface area contributed by atoms with Crippen molar-refractivity contribution in [2.24, 2.45) is 0 Å². The van der Waals surface area contributed by atoms with Gasteiger partial charge in [0.05, 0.1) is 7.11 Å². The molecular weight excluding hydrogens is 258 g/mol. The number of hydrogen-bond donors (Lipinski definition) is 1. The molecule has 2 aromatic rings. The van der Waals surface area contributed by atoms with Crippen LogP contribution in [0, 0.1) is 0 Å². The average Bonchev–Trinajstić information content (AvgIpc) is 2.49. The van der Waals surface area contributed by atoms with Crippen LogP contribution in [0.25, 0.3) is 0 Å². The Morgan fingerprint density at radius 3 is 2.45 bits per heavy atom. The molecule has 0 bridgehead atoms. The average molecular weight is 273 g/mol. The number of carbonyl (C=O) groups excluding carboxylic acids is 1. The fourth-order valence-corrected chi connectivity index (χ4v) is 1.59. The van der Waals surface area contributed by atoms with Crippen molar-refractivity contribution in [3.8, 4) is 11.6 Å². The third-order valence-electron chi connectivity index (χ3n) is 2.56. The van der Waals surface area contributed by atoms with Gasteiger partial charge in [-0.15, -0.1) is 10.2 Å². The quantitative estimate of drug-likeness (QED) is 0.837. The van der Waals surface area contributed by atoms with Crippen LogP contribution < -0.4 is 10.1 Å². The van der Waals surface area contributed by atoms with Crippen LogP contribution in [0.4, 0.5) is 0 Å². The molecule has 6 nitrogen and oxygen atoms in total. The molecular formula is C14H15N3O3. The maximum atomic E-state index is 11.2. The van der Waals surface area contributed by atoms with Crippen molar-refractivity contribution in [3.05, 3.63) is 47.7 Å². The van der Waals surface area contributed by atoms with Gasteiger partial charge in [0.1, 0.15) is 5.75 Å². The van der Waals surface area contributed by atoms with E-state index in [1.54, 1.807) is 6.07 Å². The second-order valence-corrected chi connectivity index (χ2v) is 4.02. The van der Waals surface area contributed by atoms with Gasteiger partial charge in [-0.3, -0.25) is 0 Å². The Labute approximate surface area is 116 Å². The molecule has 104 valence electrons. The minimum atomic E-state index is -0.527. The minimum absolute atomic E-state index is 0.143. The highest BCUT2D eigenvalue weighted by Crippen LogP contribution is 2.19. The Bertz CT molecular complexity index is 567. The number of nitrogens with zero attached hydrogens (tertiary/aromatic N) is 2. The molecule has 0 radical (unpaired) electrons. The van der Waals surface area contributed by atoms with Gasteiger partial charge in [-0.2, -0.15) is 0 Å². The monoisotopic (exact) mass is 273 g/mol. The zero-order valence-electron chi connectivity index (χ0n) is 11.3. The van der Waals surface area contributed by atoms with Gasteiger partial charge >= 0.3 is 5.97 Å². The first kappa shape index (κ1) is 14.0. The number of aromatic nitrogens is 2. The predicted molar refractivity (Wildman–Crippen MR) is 72.7 cm³/mol. The summed E-state index contributed by atoms with van der Waals surface area (Å²) in [6.45, 7) is 0.800. The van der Waals surface area contributed by atoms with Crippen molar-refractivity contribution in [2.75, 3.05) is 14.2 Å². The van der Waals surface area contributed by atoms with Crippen molar-refractivity contribution in [3.63, 3.8) is 0 Å². The van der Waals surface area contributed by atoms with Crippen LogP contribution >= 0.6 is 0 Å². The first-order valence-electron chi connectivity index (χ1n) is 6.06. The molecule has 1 heterocycles. The van der Waals surface area contributed by atoms with Gasteiger partial charge in [0.25, 0.3) is 0 Å². The van der Waals surface area contributed by atoms with Gasteiger partial charge in [-0.25, -0.2) is 4.79 Å². The number of hydrogen-bond acceptors (Lipinski definition) is 6. The molecule has 20 heavy (non-hydrogen) atoms. The van der Waals surface area contributed by atoms with E-state index in [4.69, 9.17) is 4.74 Å². The van der Waals surface area contributed by atoms with Crippen LogP contribution in [-0.4, -0.2) is 30.3 Å². The van der Waals surface area contributed by atoms with E-state index in [1.165, 1.54) is 13.2 Å². The Morgan fingerprint density at radius 2 is 1.90 bits per heavy atom. The molecule has 0 saturated carbocycles. The molecule has 0 saturated heterocycles. The number of ether oxygens (including phenoxy) is 2. The van der Waals surface area contributed by atoms with Gasteiger partial charge in [-0.1, -0.05) is 12.1 Å². The van der Waals surface area contributed by atoms with Crippen LogP contribution in [0.1, 0.15) is 16.1 Å². The summed E-state index contributed by atoms with van der Waals surface area (Å²) in [4.78, 5) is 11.2. The van der Waals surface area contributed by atoms with Gasteiger partial charge in [0.2, 0.25) is 5.88 Å². The van der Waals surface area contributed by atoms with E-state index >= 15 is 0 Å². The van der Waals surface area contributed by atoms with Crippen LogP contribution in [0.2, 0.25) is 0 Å². The van der Waals surface area contributed by atoms with Crippen LogP contribution in [0.5, 0.6) is 11.6 Å². The maximum Gasteiger partial charge on any atom is 0.358 e. The number of nitrogens with one attached hydrogen (secondary N) is 1. The predicted octanol–water partition coefficient (Wildman–Crippen LogP) is 1.77. The molecule has 0 atom stereocenters. The van der Waals surface area contributed by atoms with E-state index in [0.29, 0.717) is 11.6 Å². The largest absolute Gasteiger partial charge is 0.464 e. The number of carbonyl (C=O) groups is 1. The zero-order chi connectivity index (χ0) is 14.4. The standard InChI is InChI=1S/C14H15N3O3/c1-15-9-10-3-5-11(6-4-10)20-13-8-7-12(16-17-13)14(18)19-2/h3-8,15H,9H2,1-2H3. The molecule has 0 unspecified atom stereocenters. The minimum Gasteiger partial charge on any atom is -0.464 e. The topological polar surface area (TPSA) is 73.3 Å². The fraction of sp³-hybridized carbons (Fsp3) is 0.214. The molecule has 0 aliphatic heterocycles. The van der Waals surface area contributed by atoms with E-state index in [-0.39, 0.29) is 5.69 Å². The third kappa shape index (κ3) is 3.52. The summed E-state index contributed by atoms with van der Waals surface area (Å²) in [5.74, 6) is 0.449. The lowest BCUT2D eigenvalue weighted by atomic mass is 10.2. The lowest BCUT2D eigenvalue weighted by molar-refractivity contribution is 0.0592. The summed E-state index contributed by atoms with van der Waals surface area (Å²) in [6.07, 6.45) is 0. The van der Waals surface area contributed by atoms with Crippen molar-refractivity contribution in [1.29, 1.82) is 0 Å². The van der Waals surface area contributed by atoms with Crippen molar-refractivity contribution in [1.82, 2.24) is 15.5 Å². The van der Waals surface area contributed by atoms with Crippen LogP contribution in [-0.2, 0) is 11.3 Å².